The van der Waals surface area contributed by atoms with Crippen molar-refractivity contribution in [1.29, 1.82) is 0 Å². The van der Waals surface area contributed by atoms with E-state index in [1.807, 2.05) is 7.05 Å². The van der Waals surface area contributed by atoms with E-state index in [-0.39, 0.29) is 12.4 Å². The van der Waals surface area contributed by atoms with E-state index in [9.17, 15) is 0 Å². The van der Waals surface area contributed by atoms with Gasteiger partial charge in [0, 0.05) is 11.9 Å². The second-order valence-corrected chi connectivity index (χ2v) is 1.59. The first-order valence-electron chi connectivity index (χ1n) is 1.62. The summed E-state index contributed by atoms with van der Waals surface area (Å²) in [5.74, 6) is 0. The molecule has 0 rings (SSSR count). The van der Waals surface area contributed by atoms with Crippen molar-refractivity contribution in [1.82, 2.24) is 5.32 Å². The summed E-state index contributed by atoms with van der Waals surface area (Å²) in [7, 11) is 1.93. The van der Waals surface area contributed by atoms with Crippen molar-refractivity contribution < 1.29 is 0 Å². The lowest BCUT2D eigenvalue weighted by atomic mass is 10.8. The molecule has 3 heteroatoms. The summed E-state index contributed by atoms with van der Waals surface area (Å²) in [5.41, 5.74) is 0. The van der Waals surface area contributed by atoms with Gasteiger partial charge in [-0.2, -0.15) is 0 Å². The second-order valence-electron chi connectivity index (χ2n) is 0.793. The van der Waals surface area contributed by atoms with Crippen LogP contribution in [0, 0.1) is 0 Å². The van der Waals surface area contributed by atoms with Gasteiger partial charge in [0.15, 0.2) is 0 Å². The second kappa shape index (κ2) is 9.21. The maximum absolute atomic E-state index is 3.25. The minimum atomic E-state index is 0. The number of nitrogens with one attached hydrogen (secondary N) is 1. The van der Waals surface area contributed by atoms with Gasteiger partial charge in [-0.1, -0.05) is 15.9 Å². The summed E-state index contributed by atoms with van der Waals surface area (Å²) in [6.07, 6.45) is 0. The minimum absolute atomic E-state index is 0. The van der Waals surface area contributed by atoms with Crippen LogP contribution in [-0.2, 0) is 0 Å². The maximum Gasteiger partial charge on any atom is 0.0157 e. The highest BCUT2D eigenvalue weighted by molar-refractivity contribution is 9.09. The molecule has 0 unspecified atom stereocenters. The van der Waals surface area contributed by atoms with E-state index in [2.05, 4.69) is 21.2 Å². The Morgan fingerprint density at radius 3 is 2.17 bits per heavy atom. The van der Waals surface area contributed by atoms with Crippen LogP contribution in [0.4, 0.5) is 0 Å². The van der Waals surface area contributed by atoms with Crippen molar-refractivity contribution in [3.05, 3.63) is 0 Å². The Morgan fingerprint density at radius 2 is 2.17 bits per heavy atom. The van der Waals surface area contributed by atoms with Gasteiger partial charge in [-0.25, -0.2) is 0 Å². The Morgan fingerprint density at radius 1 is 1.67 bits per heavy atom. The third-order valence-corrected chi connectivity index (χ3v) is 0.741. The molecule has 0 aromatic heterocycles. The molecule has 1 N–H and O–H groups in total. The average Bonchev–Trinajstić information content (AvgIpc) is 1.41. The summed E-state index contributed by atoms with van der Waals surface area (Å²) in [5, 5.41) is 4.02. The van der Waals surface area contributed by atoms with Crippen LogP contribution in [0.1, 0.15) is 0 Å². The lowest BCUT2D eigenvalue weighted by Crippen LogP contribution is -2.07. The molecule has 1 nitrogen and oxygen atoms in total. The Hall–Kier alpha value is 0.730. The lowest BCUT2D eigenvalue weighted by molar-refractivity contribution is 0.876. The SMILES string of the molecule is CNCCBr.Cl. The zero-order valence-corrected chi connectivity index (χ0v) is 6.10. The normalized spacial score (nSPS) is 7.00. The van der Waals surface area contributed by atoms with Gasteiger partial charge in [0.25, 0.3) is 0 Å². The molecule has 0 saturated carbocycles. The maximum atomic E-state index is 3.25. The third-order valence-electron chi connectivity index (χ3n) is 0.344. The number of rotatable bonds is 2. The third kappa shape index (κ3) is 8.83. The Labute approximate surface area is 53.0 Å². The summed E-state index contributed by atoms with van der Waals surface area (Å²) in [6.45, 7) is 1.06. The van der Waals surface area contributed by atoms with Crippen LogP contribution in [0.25, 0.3) is 0 Å². The molecule has 0 aromatic carbocycles. The van der Waals surface area contributed by atoms with Gasteiger partial charge >= 0.3 is 0 Å². The first-order chi connectivity index (χ1) is 2.41. The molecule has 0 aliphatic rings. The number of halogens is 2. The Bertz CT molecular complexity index is 18.3. The van der Waals surface area contributed by atoms with Crippen molar-refractivity contribution in [2.24, 2.45) is 0 Å². The van der Waals surface area contributed by atoms with Gasteiger partial charge in [0.05, 0.1) is 0 Å². The van der Waals surface area contributed by atoms with Crippen molar-refractivity contribution in [2.75, 3.05) is 18.9 Å². The van der Waals surface area contributed by atoms with E-state index in [1.165, 1.54) is 0 Å². The summed E-state index contributed by atoms with van der Waals surface area (Å²) < 4.78 is 0. The van der Waals surface area contributed by atoms with E-state index in [0.717, 1.165) is 11.9 Å². The number of alkyl halides is 1. The molecule has 0 aliphatic carbocycles. The van der Waals surface area contributed by atoms with Crippen LogP contribution in [0.15, 0.2) is 0 Å². The number of hydrogen-bond donors (Lipinski definition) is 1. The van der Waals surface area contributed by atoms with Crippen LogP contribution in [0.2, 0.25) is 0 Å². The van der Waals surface area contributed by atoms with Gasteiger partial charge in [0.2, 0.25) is 0 Å². The quantitative estimate of drug-likeness (QED) is 0.617. The van der Waals surface area contributed by atoms with Gasteiger partial charge < -0.3 is 5.32 Å². The summed E-state index contributed by atoms with van der Waals surface area (Å²) in [6, 6.07) is 0. The van der Waals surface area contributed by atoms with Gasteiger partial charge in [-0.3, -0.25) is 0 Å². The fourth-order valence-corrected chi connectivity index (χ4v) is 0.491. The van der Waals surface area contributed by atoms with Gasteiger partial charge in [-0.15, -0.1) is 12.4 Å². The molecule has 0 radical (unpaired) electrons. The molecule has 0 fully saturated rings. The molecule has 0 bridgehead atoms. The van der Waals surface area contributed by atoms with Crippen molar-refractivity contribution in [2.45, 2.75) is 0 Å². The molecule has 0 aromatic rings. The van der Waals surface area contributed by atoms with Gasteiger partial charge in [-0.05, 0) is 7.05 Å². The van der Waals surface area contributed by atoms with Crippen LogP contribution < -0.4 is 5.32 Å². The van der Waals surface area contributed by atoms with Crippen molar-refractivity contribution in [3.63, 3.8) is 0 Å². The predicted octanol–water partition coefficient (Wildman–Crippen LogP) is 1.02. The van der Waals surface area contributed by atoms with E-state index >= 15 is 0 Å². The molecule has 0 amide bonds. The fraction of sp³-hybridized carbons (Fsp3) is 1.00. The summed E-state index contributed by atoms with van der Waals surface area (Å²) in [4.78, 5) is 0. The molecule has 6 heavy (non-hydrogen) atoms. The predicted molar refractivity (Wildman–Crippen MR) is 35.0 cm³/mol. The van der Waals surface area contributed by atoms with Crippen molar-refractivity contribution in [3.8, 4) is 0 Å². The first kappa shape index (κ1) is 9.88. The van der Waals surface area contributed by atoms with Crippen LogP contribution in [0.3, 0.4) is 0 Å². The zero-order valence-electron chi connectivity index (χ0n) is 3.70. The largest absolute Gasteiger partial charge is 0.319 e. The van der Waals surface area contributed by atoms with Crippen molar-refractivity contribution >= 4 is 28.3 Å². The van der Waals surface area contributed by atoms with Gasteiger partial charge in [0.1, 0.15) is 0 Å². The molecular weight excluding hydrogens is 165 g/mol. The monoisotopic (exact) mass is 173 g/mol. The number of hydrogen-bond acceptors (Lipinski definition) is 1. The fourth-order valence-electron chi connectivity index (χ4n) is 0.0945. The molecule has 0 heterocycles. The minimum Gasteiger partial charge on any atom is -0.319 e. The molecule has 0 aliphatic heterocycles. The molecule has 0 saturated heterocycles. The van der Waals surface area contributed by atoms with Crippen LogP contribution >= 0.6 is 28.3 Å². The van der Waals surface area contributed by atoms with E-state index in [1.54, 1.807) is 0 Å². The van der Waals surface area contributed by atoms with Crippen LogP contribution in [0.5, 0.6) is 0 Å². The molecular formula is C3H9BrClN. The Kier molecular flexibility index (Phi) is 15.2. The van der Waals surface area contributed by atoms with E-state index in [0.29, 0.717) is 0 Å². The molecule has 40 valence electrons. The highest BCUT2D eigenvalue weighted by Crippen LogP contribution is 1.70. The molecule has 0 spiro atoms. The topological polar surface area (TPSA) is 12.0 Å². The van der Waals surface area contributed by atoms with Crippen LogP contribution in [-0.4, -0.2) is 18.9 Å². The lowest BCUT2D eigenvalue weighted by Gasteiger charge is -1.83. The van der Waals surface area contributed by atoms with E-state index in [4.69, 9.17) is 0 Å². The average molecular weight is 174 g/mol. The van der Waals surface area contributed by atoms with E-state index < -0.39 is 0 Å². The summed E-state index contributed by atoms with van der Waals surface area (Å²) >= 11 is 3.25. The standard InChI is InChI=1S/C3H8BrN.ClH/c1-5-3-2-4;/h5H,2-3H2,1H3;1H. The zero-order chi connectivity index (χ0) is 4.12. The smallest absolute Gasteiger partial charge is 0.0157 e. The highest BCUT2D eigenvalue weighted by atomic mass is 79.9. The molecule has 0 atom stereocenters. The Balaban J connectivity index is 0. The highest BCUT2D eigenvalue weighted by Gasteiger charge is 1.66. The first-order valence-corrected chi connectivity index (χ1v) is 2.74.